The summed E-state index contributed by atoms with van der Waals surface area (Å²) in [4.78, 5) is 0. The summed E-state index contributed by atoms with van der Waals surface area (Å²) in [5.41, 5.74) is 8.69. The van der Waals surface area contributed by atoms with Crippen LogP contribution in [0, 0.1) is 0 Å². The molecule has 1 atom stereocenters. The SMILES string of the molecule is C=C(Br)COc1ccc2c(c1)[C@H](N)CCC2. The van der Waals surface area contributed by atoms with Crippen molar-refractivity contribution < 1.29 is 4.74 Å². The van der Waals surface area contributed by atoms with Crippen LogP contribution in [-0.2, 0) is 6.42 Å². The Hall–Kier alpha value is -0.800. The number of halogens is 1. The molecule has 0 aromatic heterocycles. The van der Waals surface area contributed by atoms with Gasteiger partial charge in [0.2, 0.25) is 0 Å². The highest BCUT2D eigenvalue weighted by Crippen LogP contribution is 2.30. The molecule has 0 aliphatic heterocycles. The summed E-state index contributed by atoms with van der Waals surface area (Å²) in [5, 5.41) is 0. The van der Waals surface area contributed by atoms with Gasteiger partial charge >= 0.3 is 0 Å². The zero-order chi connectivity index (χ0) is 11.5. The fraction of sp³-hybridized carbons (Fsp3) is 0.385. The Bertz CT molecular complexity index is 403. The van der Waals surface area contributed by atoms with Crippen molar-refractivity contribution >= 4 is 15.9 Å². The van der Waals surface area contributed by atoms with Gasteiger partial charge in [-0.3, -0.25) is 0 Å². The first kappa shape index (κ1) is 11.7. The van der Waals surface area contributed by atoms with Crippen molar-refractivity contribution in [1.29, 1.82) is 0 Å². The summed E-state index contributed by atoms with van der Waals surface area (Å²) in [7, 11) is 0. The number of aryl methyl sites for hydroxylation is 1. The van der Waals surface area contributed by atoms with Crippen LogP contribution in [0.4, 0.5) is 0 Å². The van der Waals surface area contributed by atoms with Gasteiger partial charge in [-0.25, -0.2) is 0 Å². The van der Waals surface area contributed by atoms with Crippen LogP contribution in [0.3, 0.4) is 0 Å². The largest absolute Gasteiger partial charge is 0.488 e. The number of hydrogen-bond acceptors (Lipinski definition) is 2. The summed E-state index contributed by atoms with van der Waals surface area (Å²) in [6.07, 6.45) is 3.39. The van der Waals surface area contributed by atoms with Gasteiger partial charge in [0.05, 0.1) is 0 Å². The molecular formula is C13H16BrNO. The molecule has 3 heteroatoms. The van der Waals surface area contributed by atoms with Gasteiger partial charge in [0.15, 0.2) is 0 Å². The molecule has 0 bridgehead atoms. The van der Waals surface area contributed by atoms with Gasteiger partial charge in [-0.05, 0) is 42.5 Å². The van der Waals surface area contributed by atoms with Crippen LogP contribution in [0.25, 0.3) is 0 Å². The smallest absolute Gasteiger partial charge is 0.120 e. The predicted molar refractivity (Wildman–Crippen MR) is 69.9 cm³/mol. The van der Waals surface area contributed by atoms with Crippen LogP contribution in [0.5, 0.6) is 5.75 Å². The van der Waals surface area contributed by atoms with Gasteiger partial charge in [0.25, 0.3) is 0 Å². The summed E-state index contributed by atoms with van der Waals surface area (Å²) < 4.78 is 6.42. The molecule has 0 amide bonds. The molecule has 0 fully saturated rings. The third kappa shape index (κ3) is 2.66. The zero-order valence-corrected chi connectivity index (χ0v) is 10.8. The zero-order valence-electron chi connectivity index (χ0n) is 9.21. The van der Waals surface area contributed by atoms with Crippen LogP contribution < -0.4 is 10.5 Å². The van der Waals surface area contributed by atoms with E-state index in [9.17, 15) is 0 Å². The molecular weight excluding hydrogens is 266 g/mol. The van der Waals surface area contributed by atoms with E-state index in [2.05, 4.69) is 34.6 Å². The molecule has 86 valence electrons. The molecule has 1 aliphatic carbocycles. The lowest BCUT2D eigenvalue weighted by Crippen LogP contribution is -2.17. The number of rotatable bonds is 3. The Labute approximate surface area is 105 Å². The van der Waals surface area contributed by atoms with Crippen molar-refractivity contribution in [3.8, 4) is 5.75 Å². The van der Waals surface area contributed by atoms with Crippen LogP contribution >= 0.6 is 15.9 Å². The second kappa shape index (κ2) is 5.02. The molecule has 0 heterocycles. The first-order valence-corrected chi connectivity index (χ1v) is 6.30. The van der Waals surface area contributed by atoms with Crippen LogP contribution in [-0.4, -0.2) is 6.61 Å². The fourth-order valence-electron chi connectivity index (χ4n) is 2.07. The maximum Gasteiger partial charge on any atom is 0.120 e. The van der Waals surface area contributed by atoms with E-state index in [4.69, 9.17) is 10.5 Å². The molecule has 2 rings (SSSR count). The van der Waals surface area contributed by atoms with E-state index >= 15 is 0 Å². The molecule has 1 aromatic carbocycles. The monoisotopic (exact) mass is 281 g/mol. The Morgan fingerprint density at radius 1 is 1.56 bits per heavy atom. The summed E-state index contributed by atoms with van der Waals surface area (Å²) in [6.45, 7) is 4.23. The number of ether oxygens (including phenoxy) is 1. The van der Waals surface area contributed by atoms with Crippen molar-refractivity contribution in [1.82, 2.24) is 0 Å². The molecule has 1 aromatic rings. The Balaban J connectivity index is 2.17. The maximum absolute atomic E-state index is 6.09. The third-order valence-electron chi connectivity index (χ3n) is 2.87. The van der Waals surface area contributed by atoms with Gasteiger partial charge in [-0.1, -0.05) is 28.6 Å². The molecule has 1 aliphatic rings. The van der Waals surface area contributed by atoms with Gasteiger partial charge in [-0.15, -0.1) is 0 Å². The Kier molecular flexibility index (Phi) is 3.66. The average molecular weight is 282 g/mol. The van der Waals surface area contributed by atoms with Gasteiger partial charge in [-0.2, -0.15) is 0 Å². The van der Waals surface area contributed by atoms with E-state index in [1.165, 1.54) is 17.5 Å². The Morgan fingerprint density at radius 2 is 2.38 bits per heavy atom. The van der Waals surface area contributed by atoms with Crippen molar-refractivity contribution in [3.05, 3.63) is 40.4 Å². The second-order valence-electron chi connectivity index (χ2n) is 4.17. The van der Waals surface area contributed by atoms with Crippen LogP contribution in [0.2, 0.25) is 0 Å². The van der Waals surface area contributed by atoms with Crippen molar-refractivity contribution in [2.75, 3.05) is 6.61 Å². The average Bonchev–Trinajstić information content (AvgIpc) is 2.27. The van der Waals surface area contributed by atoms with E-state index < -0.39 is 0 Å². The molecule has 2 N–H and O–H groups in total. The lowest BCUT2D eigenvalue weighted by Gasteiger charge is -2.22. The van der Waals surface area contributed by atoms with E-state index in [-0.39, 0.29) is 6.04 Å². The third-order valence-corrected chi connectivity index (χ3v) is 3.10. The first-order chi connectivity index (χ1) is 7.66. The number of fused-ring (bicyclic) bond motifs is 1. The van der Waals surface area contributed by atoms with Gasteiger partial charge in [0.1, 0.15) is 12.4 Å². The molecule has 16 heavy (non-hydrogen) atoms. The molecule has 2 nitrogen and oxygen atoms in total. The normalized spacial score (nSPS) is 19.0. The van der Waals surface area contributed by atoms with Gasteiger partial charge in [0, 0.05) is 10.5 Å². The summed E-state index contributed by atoms with van der Waals surface area (Å²) >= 11 is 3.27. The minimum absolute atomic E-state index is 0.166. The lowest BCUT2D eigenvalue weighted by atomic mass is 9.88. The van der Waals surface area contributed by atoms with Gasteiger partial charge < -0.3 is 10.5 Å². The van der Waals surface area contributed by atoms with Crippen molar-refractivity contribution in [2.45, 2.75) is 25.3 Å². The predicted octanol–water partition coefficient (Wildman–Crippen LogP) is 3.31. The molecule has 0 radical (unpaired) electrons. The van der Waals surface area contributed by atoms with Crippen LogP contribution in [0.1, 0.15) is 30.0 Å². The molecule has 0 saturated heterocycles. The first-order valence-electron chi connectivity index (χ1n) is 5.51. The van der Waals surface area contributed by atoms with Crippen molar-refractivity contribution in [2.24, 2.45) is 5.73 Å². The number of nitrogens with two attached hydrogens (primary N) is 1. The lowest BCUT2D eigenvalue weighted by molar-refractivity contribution is 0.359. The summed E-state index contributed by atoms with van der Waals surface area (Å²) in [6, 6.07) is 6.36. The Morgan fingerprint density at radius 3 is 3.12 bits per heavy atom. The van der Waals surface area contributed by atoms with Crippen LogP contribution in [0.15, 0.2) is 29.3 Å². The van der Waals surface area contributed by atoms with Crippen molar-refractivity contribution in [3.63, 3.8) is 0 Å². The number of benzene rings is 1. The minimum Gasteiger partial charge on any atom is -0.488 e. The van der Waals surface area contributed by atoms with E-state index in [0.29, 0.717) is 6.61 Å². The minimum atomic E-state index is 0.166. The van der Waals surface area contributed by atoms with E-state index in [0.717, 1.165) is 23.1 Å². The standard InChI is InChI=1S/C13H16BrNO/c1-9(14)8-16-11-6-5-10-3-2-4-13(15)12(10)7-11/h5-7,13H,1-4,8,15H2/t13-/m1/s1. The highest BCUT2D eigenvalue weighted by Gasteiger charge is 2.17. The summed E-state index contributed by atoms with van der Waals surface area (Å²) in [5.74, 6) is 0.872. The fourth-order valence-corrected chi connectivity index (χ4v) is 2.18. The maximum atomic E-state index is 6.09. The molecule has 0 saturated carbocycles. The quantitative estimate of drug-likeness (QED) is 0.923. The van der Waals surface area contributed by atoms with E-state index in [1.54, 1.807) is 0 Å². The second-order valence-corrected chi connectivity index (χ2v) is 5.29. The molecule has 0 spiro atoms. The topological polar surface area (TPSA) is 35.2 Å². The van der Waals surface area contributed by atoms with E-state index in [1.807, 2.05) is 6.07 Å². The highest BCUT2D eigenvalue weighted by molar-refractivity contribution is 9.11. The molecule has 0 unspecified atom stereocenters. The highest BCUT2D eigenvalue weighted by atomic mass is 79.9. The number of hydrogen-bond donors (Lipinski definition) is 1.